The average Bonchev–Trinajstić information content (AvgIpc) is 3.00. The molecule has 24 heavy (non-hydrogen) atoms. The highest BCUT2D eigenvalue weighted by atomic mass is 16.3. The van der Waals surface area contributed by atoms with Gasteiger partial charge in [0.1, 0.15) is 19.0 Å². The van der Waals surface area contributed by atoms with Crippen molar-refractivity contribution in [2.45, 2.75) is 0 Å². The molecule has 0 aliphatic rings. The average molecular weight is 306 g/mol. The highest BCUT2D eigenvalue weighted by Gasteiger charge is 2.11. The molecule has 1 nitrogen and oxygen atoms in total. The molecule has 0 radical (unpaired) electrons. The summed E-state index contributed by atoms with van der Waals surface area (Å²) in [7, 11) is 2.11. The minimum atomic E-state index is 0.944. The summed E-state index contributed by atoms with van der Waals surface area (Å²) in [5.41, 5.74) is 5.57. The normalized spacial score (nSPS) is 11.5. The van der Waals surface area contributed by atoms with Crippen molar-refractivity contribution in [2.75, 3.05) is 0 Å². The number of hydrogen-bond acceptors (Lipinski definition) is 1. The van der Waals surface area contributed by atoms with Gasteiger partial charge in [-0.2, -0.15) is 0 Å². The van der Waals surface area contributed by atoms with Crippen LogP contribution in [0.3, 0.4) is 0 Å². The fraction of sp³-hybridized carbons (Fsp3) is 0. The van der Waals surface area contributed by atoms with Crippen molar-refractivity contribution in [1.29, 1.82) is 0 Å². The largest absolute Gasteiger partial charge is 0.456 e. The van der Waals surface area contributed by atoms with Crippen molar-refractivity contribution in [2.24, 2.45) is 0 Å². The van der Waals surface area contributed by atoms with E-state index in [1.165, 1.54) is 38.1 Å². The third-order valence-corrected chi connectivity index (χ3v) is 4.75. The van der Waals surface area contributed by atoms with Crippen LogP contribution in [0.25, 0.3) is 43.8 Å². The quantitative estimate of drug-likeness (QED) is 0.410. The Balaban J connectivity index is 1.80. The summed E-state index contributed by atoms with van der Waals surface area (Å²) in [6.07, 6.45) is 0. The molecule has 0 bridgehead atoms. The Kier molecular flexibility index (Phi) is 2.80. The predicted octanol–water partition coefficient (Wildman–Crippen LogP) is 4.66. The van der Waals surface area contributed by atoms with Crippen LogP contribution in [0, 0.1) is 0 Å². The number of rotatable bonds is 1. The first-order chi connectivity index (χ1) is 11.8. The molecule has 4 aromatic carbocycles. The van der Waals surface area contributed by atoms with Crippen LogP contribution in [0.15, 0.2) is 83.3 Å². The molecule has 112 valence electrons. The highest BCUT2D eigenvalue weighted by molar-refractivity contribution is 6.32. The summed E-state index contributed by atoms with van der Waals surface area (Å²) in [5.74, 6) is 0. The molecule has 0 aliphatic heterocycles. The second-order valence-electron chi connectivity index (χ2n) is 6.34. The lowest BCUT2D eigenvalue weighted by atomic mass is 9.93. The molecule has 0 aliphatic carbocycles. The van der Waals surface area contributed by atoms with Crippen LogP contribution in [-0.2, 0) is 0 Å². The highest BCUT2D eigenvalue weighted by Crippen LogP contribution is 2.36. The second-order valence-corrected chi connectivity index (χ2v) is 6.34. The van der Waals surface area contributed by atoms with E-state index in [9.17, 15) is 0 Å². The number of hydrogen-bond donors (Lipinski definition) is 0. The molecule has 1 aromatic heterocycles. The minimum Gasteiger partial charge on any atom is -0.456 e. The predicted molar refractivity (Wildman–Crippen MR) is 105 cm³/mol. The molecule has 0 saturated heterocycles. The van der Waals surface area contributed by atoms with Crippen LogP contribution in [-0.4, -0.2) is 7.85 Å². The van der Waals surface area contributed by atoms with Gasteiger partial charge in [0, 0.05) is 10.8 Å². The van der Waals surface area contributed by atoms with Gasteiger partial charge in [-0.3, -0.25) is 0 Å². The maximum absolute atomic E-state index is 6.15. The summed E-state index contributed by atoms with van der Waals surface area (Å²) in [6.45, 7) is 0. The van der Waals surface area contributed by atoms with Gasteiger partial charge in [0.25, 0.3) is 0 Å². The van der Waals surface area contributed by atoms with Crippen LogP contribution < -0.4 is 5.46 Å². The SMILES string of the molecule is Bc1ccc(-c2ccc3c(c2)oc2ccc4ccccc4c23)cc1. The Morgan fingerprint density at radius 1 is 0.625 bits per heavy atom. The van der Waals surface area contributed by atoms with Crippen molar-refractivity contribution in [3.8, 4) is 11.1 Å². The summed E-state index contributed by atoms with van der Waals surface area (Å²) in [6, 6.07) is 27.8. The lowest BCUT2D eigenvalue weighted by Crippen LogP contribution is -1.98. The van der Waals surface area contributed by atoms with Crippen molar-refractivity contribution >= 4 is 46.0 Å². The van der Waals surface area contributed by atoms with Gasteiger partial charge in [-0.15, -0.1) is 0 Å². The van der Waals surface area contributed by atoms with Crippen molar-refractivity contribution in [3.05, 3.63) is 78.9 Å². The lowest BCUT2D eigenvalue weighted by Gasteiger charge is -2.02. The van der Waals surface area contributed by atoms with Gasteiger partial charge < -0.3 is 4.42 Å². The zero-order valence-electron chi connectivity index (χ0n) is 13.4. The zero-order valence-corrected chi connectivity index (χ0v) is 13.4. The van der Waals surface area contributed by atoms with Crippen LogP contribution in [0.1, 0.15) is 0 Å². The molecule has 5 rings (SSSR count). The summed E-state index contributed by atoms with van der Waals surface area (Å²) in [5, 5.41) is 4.88. The molecular formula is C22H15BO. The van der Waals surface area contributed by atoms with Crippen LogP contribution in [0.4, 0.5) is 0 Å². The maximum atomic E-state index is 6.15. The van der Waals surface area contributed by atoms with E-state index in [4.69, 9.17) is 4.42 Å². The van der Waals surface area contributed by atoms with E-state index >= 15 is 0 Å². The number of furan rings is 1. The van der Waals surface area contributed by atoms with Gasteiger partial charge in [0.15, 0.2) is 0 Å². The summed E-state index contributed by atoms with van der Waals surface area (Å²) < 4.78 is 6.15. The Morgan fingerprint density at radius 3 is 2.29 bits per heavy atom. The van der Waals surface area contributed by atoms with Gasteiger partial charge in [0.05, 0.1) is 0 Å². The second kappa shape index (κ2) is 5.00. The number of fused-ring (bicyclic) bond motifs is 5. The molecule has 1 heterocycles. The Bertz CT molecular complexity index is 1200. The van der Waals surface area contributed by atoms with E-state index in [1.54, 1.807) is 0 Å². The molecule has 0 spiro atoms. The monoisotopic (exact) mass is 306 g/mol. The van der Waals surface area contributed by atoms with Gasteiger partial charge in [0.2, 0.25) is 0 Å². The Labute approximate surface area is 140 Å². The molecule has 0 unspecified atom stereocenters. The van der Waals surface area contributed by atoms with Crippen LogP contribution in [0.2, 0.25) is 0 Å². The number of benzene rings is 4. The lowest BCUT2D eigenvalue weighted by molar-refractivity contribution is 0.669. The first-order valence-corrected chi connectivity index (χ1v) is 8.21. The molecule has 0 saturated carbocycles. The van der Waals surface area contributed by atoms with E-state index in [1.807, 2.05) is 0 Å². The minimum absolute atomic E-state index is 0.944. The first-order valence-electron chi connectivity index (χ1n) is 8.21. The smallest absolute Gasteiger partial charge is 0.139 e. The van der Waals surface area contributed by atoms with Crippen LogP contribution >= 0.6 is 0 Å². The maximum Gasteiger partial charge on any atom is 0.139 e. The fourth-order valence-electron chi connectivity index (χ4n) is 3.47. The topological polar surface area (TPSA) is 13.1 Å². The standard InChI is InChI=1S/C22H15BO/c23-17-9-5-14(6-10-17)16-7-11-19-21(13-16)24-20-12-8-15-3-1-2-4-18(15)22(19)20/h1-13H,23H2. The fourth-order valence-corrected chi connectivity index (χ4v) is 3.47. The van der Waals surface area contributed by atoms with Crippen molar-refractivity contribution in [3.63, 3.8) is 0 Å². The summed E-state index contributed by atoms with van der Waals surface area (Å²) >= 11 is 0. The van der Waals surface area contributed by atoms with E-state index < -0.39 is 0 Å². The van der Waals surface area contributed by atoms with Crippen molar-refractivity contribution in [1.82, 2.24) is 0 Å². The zero-order chi connectivity index (χ0) is 16.1. The first kappa shape index (κ1) is 13.4. The van der Waals surface area contributed by atoms with Gasteiger partial charge in [-0.05, 0) is 40.1 Å². The molecule has 0 fully saturated rings. The third kappa shape index (κ3) is 1.96. The molecule has 0 atom stereocenters. The third-order valence-electron chi connectivity index (χ3n) is 4.75. The molecule has 0 amide bonds. The Morgan fingerprint density at radius 2 is 1.42 bits per heavy atom. The Hall–Kier alpha value is -3.00. The van der Waals surface area contributed by atoms with E-state index in [0.29, 0.717) is 0 Å². The van der Waals surface area contributed by atoms with Gasteiger partial charge in [-0.1, -0.05) is 66.1 Å². The molecule has 5 aromatic rings. The van der Waals surface area contributed by atoms with Crippen LogP contribution in [0.5, 0.6) is 0 Å². The van der Waals surface area contributed by atoms with E-state index in [0.717, 1.165) is 11.2 Å². The summed E-state index contributed by atoms with van der Waals surface area (Å²) in [4.78, 5) is 0. The van der Waals surface area contributed by atoms with Crippen molar-refractivity contribution < 1.29 is 4.42 Å². The van der Waals surface area contributed by atoms with Gasteiger partial charge in [-0.25, -0.2) is 0 Å². The molecule has 2 heteroatoms. The van der Waals surface area contributed by atoms with E-state index in [2.05, 4.69) is 86.7 Å². The molecule has 0 N–H and O–H groups in total. The molecular weight excluding hydrogens is 291 g/mol. The van der Waals surface area contributed by atoms with Gasteiger partial charge >= 0.3 is 0 Å². The van der Waals surface area contributed by atoms with E-state index in [-0.39, 0.29) is 0 Å².